The molecule has 0 unspecified atom stereocenters. The first-order chi connectivity index (χ1) is 9.81. The fourth-order valence-electron chi connectivity index (χ4n) is 4.25. The van der Waals surface area contributed by atoms with Crippen LogP contribution in [0.25, 0.3) is 0 Å². The van der Waals surface area contributed by atoms with E-state index >= 15 is 0 Å². The van der Waals surface area contributed by atoms with E-state index in [-0.39, 0.29) is 0 Å². The van der Waals surface area contributed by atoms with Crippen LogP contribution in [0.3, 0.4) is 0 Å². The molecule has 3 rings (SSSR count). The zero-order valence-electron chi connectivity index (χ0n) is 12.9. The minimum Gasteiger partial charge on any atom is -0.303 e. The summed E-state index contributed by atoms with van der Waals surface area (Å²) in [6.45, 7) is 6.99. The Bertz CT molecular complexity index is 311. The third-order valence-corrected chi connectivity index (χ3v) is 5.61. The molecule has 3 fully saturated rings. The highest BCUT2D eigenvalue weighted by Crippen LogP contribution is 2.26. The minimum atomic E-state index is 0.400. The lowest BCUT2D eigenvalue weighted by molar-refractivity contribution is -0.124. The molecule has 2 heterocycles. The lowest BCUT2D eigenvalue weighted by Crippen LogP contribution is -2.41. The highest BCUT2D eigenvalue weighted by molar-refractivity contribution is 5.83. The van der Waals surface area contributed by atoms with Crippen LogP contribution < -0.4 is 0 Å². The first kappa shape index (κ1) is 14.5. The molecule has 0 amide bonds. The molecule has 1 saturated carbocycles. The number of carbonyl (C=O) groups is 1. The summed E-state index contributed by atoms with van der Waals surface area (Å²) in [4.78, 5) is 17.3. The van der Waals surface area contributed by atoms with Gasteiger partial charge < -0.3 is 4.90 Å². The van der Waals surface area contributed by atoms with Crippen LogP contribution in [0.5, 0.6) is 0 Å². The van der Waals surface area contributed by atoms with Gasteiger partial charge in [0.15, 0.2) is 0 Å². The number of likely N-dealkylation sites (tertiary alicyclic amines) is 2. The van der Waals surface area contributed by atoms with Gasteiger partial charge in [-0.25, -0.2) is 0 Å². The first-order valence-electron chi connectivity index (χ1n) is 8.78. The van der Waals surface area contributed by atoms with Crippen LogP contribution in [0.15, 0.2) is 0 Å². The van der Waals surface area contributed by atoms with Gasteiger partial charge in [-0.1, -0.05) is 12.8 Å². The van der Waals surface area contributed by atoms with E-state index in [4.69, 9.17) is 0 Å². The topological polar surface area (TPSA) is 23.6 Å². The van der Waals surface area contributed by atoms with Crippen molar-refractivity contribution in [2.24, 2.45) is 11.8 Å². The molecule has 1 aliphatic carbocycles. The Balaban J connectivity index is 1.36. The lowest BCUT2D eigenvalue weighted by Gasteiger charge is -2.33. The summed E-state index contributed by atoms with van der Waals surface area (Å²) < 4.78 is 0. The number of piperidine rings is 1. The second-order valence-electron chi connectivity index (χ2n) is 7.17. The Morgan fingerprint density at radius 2 is 1.45 bits per heavy atom. The van der Waals surface area contributed by atoms with Crippen LogP contribution in [0.4, 0.5) is 0 Å². The van der Waals surface area contributed by atoms with Crippen LogP contribution >= 0.6 is 0 Å². The third kappa shape index (κ3) is 3.82. The van der Waals surface area contributed by atoms with E-state index in [1.54, 1.807) is 0 Å². The van der Waals surface area contributed by atoms with Crippen LogP contribution in [0, 0.1) is 11.8 Å². The van der Waals surface area contributed by atoms with Crippen molar-refractivity contribution in [2.75, 3.05) is 39.3 Å². The molecule has 3 nitrogen and oxygen atoms in total. The molecule has 2 saturated heterocycles. The zero-order chi connectivity index (χ0) is 13.8. The molecule has 3 heteroatoms. The van der Waals surface area contributed by atoms with Crippen molar-refractivity contribution < 1.29 is 4.79 Å². The average Bonchev–Trinajstić information content (AvgIpc) is 3.13. The standard InChI is InChI=1S/C17H30N2O/c20-17(16-5-1-2-6-16)14-19-11-7-15(8-12-19)13-18-9-3-4-10-18/h15-16H,1-14H2. The van der Waals surface area contributed by atoms with Gasteiger partial charge in [-0.2, -0.15) is 0 Å². The van der Waals surface area contributed by atoms with Gasteiger partial charge in [-0.05, 0) is 70.6 Å². The molecule has 0 spiro atoms. The van der Waals surface area contributed by atoms with Crippen molar-refractivity contribution in [3.05, 3.63) is 0 Å². The van der Waals surface area contributed by atoms with Crippen molar-refractivity contribution in [1.29, 1.82) is 0 Å². The van der Waals surface area contributed by atoms with E-state index < -0.39 is 0 Å². The molecule has 0 N–H and O–H groups in total. The Hall–Kier alpha value is -0.410. The molecule has 3 aliphatic rings. The molecular weight excluding hydrogens is 248 g/mol. The number of rotatable bonds is 5. The second-order valence-corrected chi connectivity index (χ2v) is 7.17. The van der Waals surface area contributed by atoms with E-state index in [9.17, 15) is 4.79 Å². The Labute approximate surface area is 123 Å². The van der Waals surface area contributed by atoms with E-state index in [1.807, 2.05) is 0 Å². The number of hydrogen-bond acceptors (Lipinski definition) is 3. The van der Waals surface area contributed by atoms with Crippen LogP contribution in [-0.2, 0) is 4.79 Å². The number of hydrogen-bond donors (Lipinski definition) is 0. The van der Waals surface area contributed by atoms with Crippen molar-refractivity contribution in [3.63, 3.8) is 0 Å². The number of Topliss-reactive ketones (excluding diaryl/α,β-unsaturated/α-hetero) is 1. The summed E-state index contributed by atoms with van der Waals surface area (Å²) in [7, 11) is 0. The van der Waals surface area contributed by atoms with Crippen LogP contribution in [0.1, 0.15) is 51.4 Å². The lowest BCUT2D eigenvalue weighted by atomic mass is 9.95. The number of carbonyl (C=O) groups excluding carboxylic acids is 1. The van der Waals surface area contributed by atoms with Gasteiger partial charge in [0.2, 0.25) is 0 Å². The minimum absolute atomic E-state index is 0.400. The average molecular weight is 278 g/mol. The SMILES string of the molecule is O=C(CN1CCC(CN2CCCC2)CC1)C1CCCC1. The molecule has 0 atom stereocenters. The predicted molar refractivity (Wildman–Crippen MR) is 81.8 cm³/mol. The second kappa shape index (κ2) is 7.04. The summed E-state index contributed by atoms with van der Waals surface area (Å²) in [5.41, 5.74) is 0. The largest absolute Gasteiger partial charge is 0.303 e. The highest BCUT2D eigenvalue weighted by Gasteiger charge is 2.27. The van der Waals surface area contributed by atoms with Gasteiger partial charge in [0.1, 0.15) is 5.78 Å². The molecular formula is C17H30N2O. The van der Waals surface area contributed by atoms with Gasteiger partial charge in [-0.15, -0.1) is 0 Å². The summed E-state index contributed by atoms with van der Waals surface area (Å²) >= 11 is 0. The van der Waals surface area contributed by atoms with Crippen molar-refractivity contribution in [2.45, 2.75) is 51.4 Å². The number of nitrogens with zero attached hydrogens (tertiary/aromatic N) is 2. The molecule has 0 aromatic carbocycles. The predicted octanol–water partition coefficient (Wildman–Crippen LogP) is 2.55. The highest BCUT2D eigenvalue weighted by atomic mass is 16.1. The summed E-state index contributed by atoms with van der Waals surface area (Å²) in [5, 5.41) is 0. The molecule has 0 aromatic rings. The first-order valence-corrected chi connectivity index (χ1v) is 8.78. The fourth-order valence-corrected chi connectivity index (χ4v) is 4.25. The van der Waals surface area contributed by atoms with Crippen LogP contribution in [-0.4, -0.2) is 54.9 Å². The Morgan fingerprint density at radius 3 is 2.10 bits per heavy atom. The maximum atomic E-state index is 12.2. The van der Waals surface area contributed by atoms with Gasteiger partial charge in [0, 0.05) is 12.5 Å². The summed E-state index contributed by atoms with van der Waals surface area (Å²) in [5.74, 6) is 1.81. The molecule has 2 aliphatic heterocycles. The quantitative estimate of drug-likeness (QED) is 0.772. The van der Waals surface area contributed by atoms with Crippen molar-refractivity contribution in [3.8, 4) is 0 Å². The van der Waals surface area contributed by atoms with E-state index in [0.29, 0.717) is 11.7 Å². The maximum Gasteiger partial charge on any atom is 0.149 e. The smallest absolute Gasteiger partial charge is 0.149 e. The van der Waals surface area contributed by atoms with E-state index in [1.165, 1.54) is 58.2 Å². The monoisotopic (exact) mass is 278 g/mol. The summed E-state index contributed by atoms with van der Waals surface area (Å²) in [6.07, 6.45) is 10.3. The van der Waals surface area contributed by atoms with E-state index in [2.05, 4.69) is 9.80 Å². The van der Waals surface area contributed by atoms with Gasteiger partial charge in [0.25, 0.3) is 0 Å². The molecule has 20 heavy (non-hydrogen) atoms. The molecule has 114 valence electrons. The van der Waals surface area contributed by atoms with Crippen LogP contribution in [0.2, 0.25) is 0 Å². The Morgan fingerprint density at radius 1 is 0.800 bits per heavy atom. The molecule has 0 radical (unpaired) electrons. The molecule has 0 bridgehead atoms. The summed E-state index contributed by atoms with van der Waals surface area (Å²) in [6, 6.07) is 0. The maximum absolute atomic E-state index is 12.2. The normalized spacial score (nSPS) is 27.4. The zero-order valence-corrected chi connectivity index (χ0v) is 12.9. The Kier molecular flexibility index (Phi) is 5.11. The van der Waals surface area contributed by atoms with Crippen molar-refractivity contribution >= 4 is 5.78 Å². The van der Waals surface area contributed by atoms with Crippen molar-refractivity contribution in [1.82, 2.24) is 9.80 Å². The third-order valence-electron chi connectivity index (χ3n) is 5.61. The number of ketones is 1. The van der Waals surface area contributed by atoms with Gasteiger partial charge >= 0.3 is 0 Å². The van der Waals surface area contributed by atoms with Gasteiger partial charge in [0.05, 0.1) is 6.54 Å². The van der Waals surface area contributed by atoms with Gasteiger partial charge in [-0.3, -0.25) is 9.69 Å². The fraction of sp³-hybridized carbons (Fsp3) is 0.941. The molecule has 0 aromatic heterocycles. The van der Waals surface area contributed by atoms with E-state index in [0.717, 1.165) is 38.4 Å².